The number of hydrogen-bond acceptors (Lipinski definition) is 4. The number of hydrogen-bond donors (Lipinski definition) is 1. The van der Waals surface area contributed by atoms with Gasteiger partial charge in [-0.05, 0) is 25.3 Å². The number of rotatable bonds is 4. The van der Waals surface area contributed by atoms with E-state index in [0.29, 0.717) is 12.5 Å². The van der Waals surface area contributed by atoms with Crippen molar-refractivity contribution in [2.75, 3.05) is 6.54 Å². The first-order valence-corrected chi connectivity index (χ1v) is 8.61. The fourth-order valence-corrected chi connectivity index (χ4v) is 3.85. The summed E-state index contributed by atoms with van der Waals surface area (Å²) in [5, 5.41) is 12.6. The van der Waals surface area contributed by atoms with Crippen LogP contribution in [0.5, 0.6) is 0 Å². The van der Waals surface area contributed by atoms with Crippen molar-refractivity contribution in [3.63, 3.8) is 0 Å². The van der Waals surface area contributed by atoms with E-state index in [-0.39, 0.29) is 11.5 Å². The maximum absolute atomic E-state index is 11.5. The Kier molecular flexibility index (Phi) is 5.04. The molecule has 5 heteroatoms. The van der Waals surface area contributed by atoms with Gasteiger partial charge in [-0.2, -0.15) is 0 Å². The van der Waals surface area contributed by atoms with Crippen molar-refractivity contribution < 1.29 is 9.90 Å². The van der Waals surface area contributed by atoms with Crippen LogP contribution in [0.15, 0.2) is 5.38 Å². The second-order valence-electron chi connectivity index (χ2n) is 7.00. The van der Waals surface area contributed by atoms with Crippen LogP contribution in [-0.4, -0.2) is 33.5 Å². The van der Waals surface area contributed by atoms with Crippen molar-refractivity contribution in [1.29, 1.82) is 0 Å². The predicted molar refractivity (Wildman–Crippen MR) is 85.7 cm³/mol. The smallest absolute Gasteiger partial charge is 0.320 e. The number of carboxylic acids is 1. The van der Waals surface area contributed by atoms with Gasteiger partial charge in [0.2, 0.25) is 0 Å². The molecule has 0 amide bonds. The Labute approximate surface area is 131 Å². The van der Waals surface area contributed by atoms with Crippen molar-refractivity contribution in [3.05, 3.63) is 16.1 Å². The van der Waals surface area contributed by atoms with Crippen LogP contribution in [-0.2, 0) is 16.8 Å². The highest BCUT2D eigenvalue weighted by atomic mass is 32.1. The van der Waals surface area contributed by atoms with Gasteiger partial charge in [0.15, 0.2) is 0 Å². The van der Waals surface area contributed by atoms with E-state index < -0.39 is 5.97 Å². The summed E-state index contributed by atoms with van der Waals surface area (Å²) in [7, 11) is 0. The highest BCUT2D eigenvalue weighted by molar-refractivity contribution is 7.09. The van der Waals surface area contributed by atoms with Crippen LogP contribution in [0.2, 0.25) is 0 Å². The summed E-state index contributed by atoms with van der Waals surface area (Å²) in [5.74, 6) is -0.149. The number of aliphatic carboxylic acids is 1. The van der Waals surface area contributed by atoms with Crippen molar-refractivity contribution in [2.24, 2.45) is 5.92 Å². The zero-order valence-electron chi connectivity index (χ0n) is 13.4. The average molecular weight is 310 g/mol. The summed E-state index contributed by atoms with van der Waals surface area (Å²) < 4.78 is 0. The summed E-state index contributed by atoms with van der Waals surface area (Å²) in [6, 6.07) is -0.356. The van der Waals surface area contributed by atoms with Gasteiger partial charge in [0.1, 0.15) is 11.0 Å². The molecule has 0 aromatic carbocycles. The maximum Gasteiger partial charge on any atom is 0.320 e. The first-order valence-electron chi connectivity index (χ1n) is 7.73. The molecule has 2 heterocycles. The molecule has 1 fully saturated rings. The van der Waals surface area contributed by atoms with Crippen LogP contribution in [0.4, 0.5) is 0 Å². The molecule has 21 heavy (non-hydrogen) atoms. The molecule has 0 saturated carbocycles. The van der Waals surface area contributed by atoms with Crippen molar-refractivity contribution in [2.45, 2.75) is 65.0 Å². The summed E-state index contributed by atoms with van der Waals surface area (Å²) in [6.07, 6.45) is 2.93. The van der Waals surface area contributed by atoms with Gasteiger partial charge in [-0.3, -0.25) is 9.69 Å². The molecule has 0 bridgehead atoms. The molecular weight excluding hydrogens is 284 g/mol. The Morgan fingerprint density at radius 2 is 2.24 bits per heavy atom. The highest BCUT2D eigenvalue weighted by Gasteiger charge is 2.33. The van der Waals surface area contributed by atoms with Crippen molar-refractivity contribution >= 4 is 17.3 Å². The minimum absolute atomic E-state index is 0.0517. The Balaban J connectivity index is 2.07. The third-order valence-corrected chi connectivity index (χ3v) is 5.18. The molecule has 118 valence electrons. The largest absolute Gasteiger partial charge is 0.480 e. The summed E-state index contributed by atoms with van der Waals surface area (Å²) in [6.45, 7) is 10.1. The normalized spacial score (nSPS) is 24.2. The first-order chi connectivity index (χ1) is 9.81. The quantitative estimate of drug-likeness (QED) is 0.924. The van der Waals surface area contributed by atoms with E-state index in [2.05, 4.69) is 38.0 Å². The summed E-state index contributed by atoms with van der Waals surface area (Å²) in [5.41, 5.74) is 1.15. The van der Waals surface area contributed by atoms with E-state index in [0.717, 1.165) is 36.5 Å². The molecule has 1 N–H and O–H groups in total. The second-order valence-corrected chi connectivity index (χ2v) is 7.94. The molecule has 2 atom stereocenters. The zero-order valence-corrected chi connectivity index (χ0v) is 14.2. The van der Waals surface area contributed by atoms with Gasteiger partial charge < -0.3 is 5.11 Å². The van der Waals surface area contributed by atoms with Gasteiger partial charge >= 0.3 is 5.97 Å². The third-order valence-electron chi connectivity index (χ3n) is 4.34. The molecule has 1 aromatic heterocycles. The lowest BCUT2D eigenvalue weighted by Gasteiger charge is -2.36. The maximum atomic E-state index is 11.5. The van der Waals surface area contributed by atoms with E-state index in [1.54, 1.807) is 11.3 Å². The van der Waals surface area contributed by atoms with Gasteiger partial charge in [0, 0.05) is 10.8 Å². The van der Waals surface area contributed by atoms with E-state index in [1.807, 2.05) is 0 Å². The minimum atomic E-state index is -0.694. The van der Waals surface area contributed by atoms with Crippen LogP contribution >= 0.6 is 11.3 Å². The number of nitrogens with zero attached hydrogens (tertiary/aromatic N) is 2. The summed E-state index contributed by atoms with van der Waals surface area (Å²) in [4.78, 5) is 18.3. The number of carboxylic acid groups (broad SMARTS) is 1. The van der Waals surface area contributed by atoms with Gasteiger partial charge in [0.05, 0.1) is 12.2 Å². The lowest BCUT2D eigenvalue weighted by molar-refractivity contribution is -0.145. The van der Waals surface area contributed by atoms with E-state index >= 15 is 0 Å². The molecule has 0 radical (unpaired) electrons. The van der Waals surface area contributed by atoms with E-state index in [1.165, 1.54) is 0 Å². The molecule has 1 aliphatic heterocycles. The SMILES string of the molecule is CCC1CCN(Cc2nc(C(C)(C)C)cs2)C(C(=O)O)C1. The topological polar surface area (TPSA) is 53.4 Å². The highest BCUT2D eigenvalue weighted by Crippen LogP contribution is 2.29. The Hall–Kier alpha value is -0.940. The average Bonchev–Trinajstić information content (AvgIpc) is 2.87. The molecule has 2 rings (SSSR count). The van der Waals surface area contributed by atoms with Gasteiger partial charge in [-0.25, -0.2) is 4.98 Å². The lowest BCUT2D eigenvalue weighted by Crippen LogP contribution is -2.46. The Morgan fingerprint density at radius 3 is 2.76 bits per heavy atom. The summed E-state index contributed by atoms with van der Waals surface area (Å²) >= 11 is 1.64. The van der Waals surface area contributed by atoms with Crippen LogP contribution < -0.4 is 0 Å². The molecule has 1 aliphatic rings. The van der Waals surface area contributed by atoms with Crippen molar-refractivity contribution in [3.8, 4) is 0 Å². The molecular formula is C16H26N2O2S. The molecule has 0 aliphatic carbocycles. The van der Waals surface area contributed by atoms with Crippen LogP contribution in [0.25, 0.3) is 0 Å². The lowest BCUT2D eigenvalue weighted by atomic mass is 9.89. The fourth-order valence-electron chi connectivity index (χ4n) is 2.81. The van der Waals surface area contributed by atoms with Crippen LogP contribution in [0.1, 0.15) is 57.7 Å². The van der Waals surface area contributed by atoms with Crippen molar-refractivity contribution in [1.82, 2.24) is 9.88 Å². The zero-order chi connectivity index (χ0) is 15.6. The Morgan fingerprint density at radius 1 is 1.52 bits per heavy atom. The van der Waals surface area contributed by atoms with E-state index in [4.69, 9.17) is 4.98 Å². The third kappa shape index (κ3) is 4.04. The second kappa shape index (κ2) is 6.44. The first kappa shape index (κ1) is 16.4. The molecule has 2 unspecified atom stereocenters. The fraction of sp³-hybridized carbons (Fsp3) is 0.750. The van der Waals surface area contributed by atoms with Crippen LogP contribution in [0.3, 0.4) is 0 Å². The van der Waals surface area contributed by atoms with Gasteiger partial charge in [-0.15, -0.1) is 11.3 Å². The monoisotopic (exact) mass is 310 g/mol. The predicted octanol–water partition coefficient (Wildman–Crippen LogP) is 3.52. The van der Waals surface area contributed by atoms with Gasteiger partial charge in [-0.1, -0.05) is 34.1 Å². The molecule has 0 spiro atoms. The van der Waals surface area contributed by atoms with Crippen LogP contribution in [0, 0.1) is 5.92 Å². The molecule has 4 nitrogen and oxygen atoms in total. The number of aromatic nitrogens is 1. The minimum Gasteiger partial charge on any atom is -0.480 e. The number of piperidine rings is 1. The Bertz CT molecular complexity index is 493. The van der Waals surface area contributed by atoms with E-state index in [9.17, 15) is 9.90 Å². The molecule has 1 saturated heterocycles. The molecule has 1 aromatic rings. The van der Waals surface area contributed by atoms with Gasteiger partial charge in [0.25, 0.3) is 0 Å². The number of carbonyl (C=O) groups is 1. The standard InChI is InChI=1S/C16H26N2O2S/c1-5-11-6-7-18(12(8-11)15(19)20)9-14-17-13(10-21-14)16(2,3)4/h10-12H,5-9H2,1-4H3,(H,19,20). The number of likely N-dealkylation sites (tertiary alicyclic amines) is 1. The number of thiazole rings is 1.